The van der Waals surface area contributed by atoms with E-state index in [4.69, 9.17) is 15.1 Å². The average Bonchev–Trinajstić information content (AvgIpc) is 3.41. The van der Waals surface area contributed by atoms with E-state index in [1.807, 2.05) is 53.9 Å². The van der Waals surface area contributed by atoms with Crippen LogP contribution in [-0.4, -0.2) is 35.3 Å². The Bertz CT molecular complexity index is 1360. The van der Waals surface area contributed by atoms with Crippen molar-refractivity contribution in [3.05, 3.63) is 95.9 Å². The molecule has 9 nitrogen and oxygen atoms in total. The second kappa shape index (κ2) is 12.3. The molecule has 1 unspecified atom stereocenters. The molecule has 0 saturated heterocycles. The summed E-state index contributed by atoms with van der Waals surface area (Å²) in [4.78, 5) is 24.0. The van der Waals surface area contributed by atoms with Crippen LogP contribution in [0.15, 0.2) is 90.3 Å². The molecule has 0 aliphatic carbocycles. The van der Waals surface area contributed by atoms with Crippen molar-refractivity contribution in [2.75, 3.05) is 16.4 Å². The molecule has 0 saturated carbocycles. The fourth-order valence-electron chi connectivity index (χ4n) is 3.03. The van der Waals surface area contributed by atoms with E-state index in [1.165, 1.54) is 31.2 Å². The summed E-state index contributed by atoms with van der Waals surface area (Å²) in [5.41, 5.74) is 9.30. The number of hydrogen-bond donors (Lipinski definition) is 5. The Balaban J connectivity index is 0.000000214. The molecule has 6 N–H and O–H groups in total. The number of benzene rings is 3. The van der Waals surface area contributed by atoms with Crippen molar-refractivity contribution in [1.82, 2.24) is 0 Å². The number of thiophene rings is 1. The van der Waals surface area contributed by atoms with E-state index in [2.05, 4.69) is 14.5 Å². The Labute approximate surface area is 214 Å². The van der Waals surface area contributed by atoms with Crippen molar-refractivity contribution in [3.8, 4) is 10.4 Å². The molecule has 11 heteroatoms. The van der Waals surface area contributed by atoms with E-state index in [0.717, 1.165) is 10.4 Å². The van der Waals surface area contributed by atoms with Gasteiger partial charge in [0.15, 0.2) is 0 Å². The standard InChI is InChI=1S/C17H14N2OS.C8H10AsNO5/c18-14-9-8-13(16-7-4-10-21-16)11-15(14)19-17(20)12-5-2-1-3-6-12;1-6(11)10-8-4-2-7(3-5-8)9(12,13)15-14/h1-11H,18H2,(H,19,20);2-5,14H,1H3,(H,10,11)(H,12,13). The molecule has 1 atom stereocenters. The topological polar surface area (TPSA) is 151 Å². The summed E-state index contributed by atoms with van der Waals surface area (Å²) in [7, 11) is 0. The number of anilines is 3. The van der Waals surface area contributed by atoms with E-state index in [0.29, 0.717) is 22.6 Å². The number of carbonyl (C=O) groups is 2. The summed E-state index contributed by atoms with van der Waals surface area (Å²) in [5.74, 6) is -0.399. The maximum absolute atomic E-state index is 12.2. The van der Waals surface area contributed by atoms with Gasteiger partial charge in [0.2, 0.25) is 0 Å². The first-order valence-corrected chi connectivity index (χ1v) is 14.7. The third-order valence-electron chi connectivity index (χ3n) is 4.77. The molecule has 0 fully saturated rings. The molecule has 1 heterocycles. The molecule has 3 aromatic carbocycles. The fraction of sp³-hybridized carbons (Fsp3) is 0.0400. The van der Waals surface area contributed by atoms with Crippen molar-refractivity contribution >= 4 is 58.7 Å². The minimum absolute atomic E-state index is 0.00438. The summed E-state index contributed by atoms with van der Waals surface area (Å²) >= 11 is -3.11. The molecule has 0 aliphatic rings. The number of rotatable bonds is 6. The third kappa shape index (κ3) is 7.42. The van der Waals surface area contributed by atoms with Crippen LogP contribution in [0.25, 0.3) is 10.4 Å². The zero-order valence-corrected chi connectivity index (χ0v) is 21.8. The molecule has 0 aliphatic heterocycles. The monoisotopic (exact) mass is 569 g/mol. The van der Waals surface area contributed by atoms with Crippen molar-refractivity contribution in [3.63, 3.8) is 0 Å². The zero-order valence-electron chi connectivity index (χ0n) is 19.1. The molecule has 186 valence electrons. The van der Waals surface area contributed by atoms with Crippen LogP contribution < -0.4 is 20.7 Å². The average molecular weight is 569 g/mol. The molecule has 0 radical (unpaired) electrons. The van der Waals surface area contributed by atoms with Gasteiger partial charge in [-0.15, -0.1) is 11.3 Å². The Morgan fingerprint density at radius 2 is 1.64 bits per heavy atom. The Morgan fingerprint density at radius 1 is 0.944 bits per heavy atom. The number of nitrogen functional groups attached to an aromatic ring is 1. The third-order valence-corrected chi connectivity index (χ3v) is 8.15. The molecule has 1 aromatic heterocycles. The molecular formula is C25H24AsN3O6S. The first-order valence-electron chi connectivity index (χ1n) is 10.5. The quantitative estimate of drug-likeness (QED) is 0.102. The fourth-order valence-corrected chi connectivity index (χ4v) is 5.05. The minimum atomic E-state index is -4.76. The maximum Gasteiger partial charge on any atom is 0.255 e. The minimum Gasteiger partial charge on any atom is -0.397 e. The number of carbonyl (C=O) groups excluding carboxylic acids is 2. The first kappa shape index (κ1) is 26.9. The molecule has 4 aromatic rings. The molecule has 0 bridgehead atoms. The van der Waals surface area contributed by atoms with E-state index in [-0.39, 0.29) is 16.2 Å². The van der Waals surface area contributed by atoms with Gasteiger partial charge in [-0.2, -0.15) is 0 Å². The Kier molecular flexibility index (Phi) is 9.24. The normalized spacial score (nSPS) is 12.0. The van der Waals surface area contributed by atoms with Gasteiger partial charge in [0.25, 0.3) is 5.91 Å². The number of nitrogens with one attached hydrogen (secondary N) is 2. The van der Waals surface area contributed by atoms with Gasteiger partial charge in [-0.3, -0.25) is 4.79 Å². The van der Waals surface area contributed by atoms with Crippen LogP contribution in [0.5, 0.6) is 0 Å². The molecule has 2 amide bonds. The zero-order chi connectivity index (χ0) is 26.1. The number of hydrogen-bond acceptors (Lipinski definition) is 7. The van der Waals surface area contributed by atoms with Gasteiger partial charge in [-0.1, -0.05) is 30.3 Å². The summed E-state index contributed by atoms with van der Waals surface area (Å²) < 4.78 is 23.8. The van der Waals surface area contributed by atoms with Crippen LogP contribution >= 0.6 is 11.3 Å². The molecule has 4 rings (SSSR count). The number of nitrogens with two attached hydrogens (primary N) is 1. The van der Waals surface area contributed by atoms with Crippen LogP contribution in [0.4, 0.5) is 17.1 Å². The van der Waals surface area contributed by atoms with Crippen LogP contribution in [0.1, 0.15) is 17.3 Å². The van der Waals surface area contributed by atoms with Gasteiger partial charge in [-0.05, 0) is 41.3 Å². The van der Waals surface area contributed by atoms with Crippen LogP contribution in [0, 0.1) is 0 Å². The summed E-state index contributed by atoms with van der Waals surface area (Å²) in [6.07, 6.45) is 0. The molecule has 0 spiro atoms. The van der Waals surface area contributed by atoms with Crippen molar-refractivity contribution < 1.29 is 26.6 Å². The van der Waals surface area contributed by atoms with Gasteiger partial charge in [0, 0.05) is 10.4 Å². The summed E-state index contributed by atoms with van der Waals surface area (Å²) in [6, 6.07) is 24.3. The largest absolute Gasteiger partial charge is 0.397 e. The van der Waals surface area contributed by atoms with Gasteiger partial charge >= 0.3 is 88.4 Å². The van der Waals surface area contributed by atoms with E-state index in [1.54, 1.807) is 23.5 Å². The predicted octanol–water partition coefficient (Wildman–Crippen LogP) is 3.95. The predicted molar refractivity (Wildman–Crippen MR) is 141 cm³/mol. The SMILES string of the molecule is CC(=O)Nc1ccc([As](=O)(O)OO)cc1.Nc1ccc(-c2cccs2)cc1NC(=O)c1ccccc1. The molecule has 36 heavy (non-hydrogen) atoms. The molecular weight excluding hydrogens is 545 g/mol. The van der Waals surface area contributed by atoms with Crippen LogP contribution in [0.2, 0.25) is 0 Å². The van der Waals surface area contributed by atoms with Gasteiger partial charge in [0.05, 0.1) is 11.4 Å². The van der Waals surface area contributed by atoms with E-state index < -0.39 is 14.2 Å². The van der Waals surface area contributed by atoms with E-state index >= 15 is 0 Å². The van der Waals surface area contributed by atoms with Crippen molar-refractivity contribution in [2.45, 2.75) is 6.92 Å². The maximum atomic E-state index is 12.2. The number of amides is 2. The Hall–Kier alpha value is -3.66. The first-order chi connectivity index (χ1) is 17.2. The van der Waals surface area contributed by atoms with E-state index in [9.17, 15) is 13.3 Å². The smallest absolute Gasteiger partial charge is 0.255 e. The van der Waals surface area contributed by atoms with Gasteiger partial charge in [-0.25, -0.2) is 0 Å². The second-order valence-corrected chi connectivity index (χ2v) is 12.0. The van der Waals surface area contributed by atoms with Gasteiger partial charge < -0.3 is 11.1 Å². The van der Waals surface area contributed by atoms with Crippen LogP contribution in [-0.2, 0) is 12.4 Å². The summed E-state index contributed by atoms with van der Waals surface area (Å²) in [5, 5.41) is 15.6. The summed E-state index contributed by atoms with van der Waals surface area (Å²) in [6.45, 7) is 1.35. The Morgan fingerprint density at radius 3 is 2.22 bits per heavy atom. The van der Waals surface area contributed by atoms with Crippen molar-refractivity contribution in [2.24, 2.45) is 0 Å². The van der Waals surface area contributed by atoms with Crippen molar-refractivity contribution in [1.29, 1.82) is 0 Å². The second-order valence-electron chi connectivity index (χ2n) is 7.43. The van der Waals surface area contributed by atoms with Gasteiger partial charge in [0.1, 0.15) is 0 Å². The van der Waals surface area contributed by atoms with Crippen LogP contribution in [0.3, 0.4) is 0 Å².